The van der Waals surface area contributed by atoms with Crippen LogP contribution in [0.15, 0.2) is 12.3 Å². The summed E-state index contributed by atoms with van der Waals surface area (Å²) < 4.78 is 5.89. The summed E-state index contributed by atoms with van der Waals surface area (Å²) in [7, 11) is 1.50. The molecule has 0 aliphatic carbocycles. The summed E-state index contributed by atoms with van der Waals surface area (Å²) in [5.41, 5.74) is 0. The molecule has 1 rings (SSSR count). The summed E-state index contributed by atoms with van der Waals surface area (Å²) in [6, 6.07) is 0.124. The highest BCUT2D eigenvalue weighted by Crippen LogP contribution is 2.05. The summed E-state index contributed by atoms with van der Waals surface area (Å²) in [6.45, 7) is 0.104. The van der Waals surface area contributed by atoms with Crippen molar-refractivity contribution in [1.82, 2.24) is 15.1 Å². The van der Waals surface area contributed by atoms with Gasteiger partial charge in [-0.2, -0.15) is 4.68 Å². The van der Waals surface area contributed by atoms with Crippen LogP contribution in [0, 0.1) is 10.1 Å². The summed E-state index contributed by atoms with van der Waals surface area (Å²) in [6.07, 6.45) is 1.99. The van der Waals surface area contributed by atoms with Gasteiger partial charge in [0, 0.05) is 13.7 Å². The van der Waals surface area contributed by atoms with Crippen LogP contribution in [0.4, 0.5) is 5.82 Å². The molecule has 0 bridgehead atoms. The number of nitrogens with zero attached hydrogens (tertiary/aromatic N) is 3. The second kappa shape index (κ2) is 7.94. The molecule has 1 unspecified atom stereocenters. The van der Waals surface area contributed by atoms with Crippen molar-refractivity contribution >= 4 is 17.7 Å². The number of hydrogen-bond acceptors (Lipinski definition) is 6. The van der Waals surface area contributed by atoms with Gasteiger partial charge in [-0.25, -0.2) is 4.79 Å². The number of carboxylic acid groups (broad SMARTS) is 1. The lowest BCUT2D eigenvalue weighted by Crippen LogP contribution is -2.42. The van der Waals surface area contributed by atoms with Gasteiger partial charge in [0.25, 0.3) is 0 Å². The van der Waals surface area contributed by atoms with E-state index < -0.39 is 22.8 Å². The van der Waals surface area contributed by atoms with E-state index in [1.807, 2.05) is 0 Å². The Kier molecular flexibility index (Phi) is 6.27. The van der Waals surface area contributed by atoms with Crippen molar-refractivity contribution in [3.05, 3.63) is 22.4 Å². The highest BCUT2D eigenvalue weighted by Gasteiger charge is 2.21. The third kappa shape index (κ3) is 5.57. The minimum Gasteiger partial charge on any atom is -0.480 e. The molecule has 10 heteroatoms. The number of aliphatic carboxylic acids is 1. The number of carbonyl (C=O) groups excluding carboxylic acids is 1. The minimum atomic E-state index is -1.15. The summed E-state index contributed by atoms with van der Waals surface area (Å²) in [5.74, 6) is -2.11. The maximum absolute atomic E-state index is 11.7. The van der Waals surface area contributed by atoms with E-state index >= 15 is 0 Å². The van der Waals surface area contributed by atoms with Gasteiger partial charge in [-0.05, 0) is 17.8 Å². The molecule has 116 valence electrons. The third-order valence-electron chi connectivity index (χ3n) is 2.59. The number of nitro groups is 1. The van der Waals surface area contributed by atoms with Gasteiger partial charge in [-0.3, -0.25) is 4.79 Å². The Morgan fingerprint density at radius 1 is 1.62 bits per heavy atom. The van der Waals surface area contributed by atoms with Gasteiger partial charge in [0.2, 0.25) is 5.91 Å². The maximum Gasteiger partial charge on any atom is 0.389 e. The Balaban J connectivity index is 2.52. The number of nitrogens with one attached hydrogen (secondary N) is 1. The number of methoxy groups -OCH3 is 1. The number of hydrogen-bond donors (Lipinski definition) is 2. The van der Waals surface area contributed by atoms with Crippen molar-refractivity contribution in [2.24, 2.45) is 0 Å². The first-order valence-electron chi connectivity index (χ1n) is 6.13. The Bertz CT molecular complexity index is 515. The average molecular weight is 300 g/mol. The van der Waals surface area contributed by atoms with Crippen molar-refractivity contribution < 1.29 is 24.4 Å². The topological polar surface area (TPSA) is 137 Å². The molecule has 10 nitrogen and oxygen atoms in total. The highest BCUT2D eigenvalue weighted by molar-refractivity contribution is 5.83. The van der Waals surface area contributed by atoms with E-state index in [4.69, 9.17) is 9.84 Å². The van der Waals surface area contributed by atoms with E-state index in [0.29, 0.717) is 13.0 Å². The quantitative estimate of drug-likeness (QED) is 0.365. The predicted octanol–water partition coefficient (Wildman–Crippen LogP) is -0.213. The zero-order valence-electron chi connectivity index (χ0n) is 11.4. The minimum absolute atomic E-state index is 0.230. The molecule has 1 aromatic heterocycles. The average Bonchev–Trinajstić information content (AvgIpc) is 2.86. The molecule has 0 spiro atoms. The number of carboxylic acids is 1. The lowest BCUT2D eigenvalue weighted by atomic mass is 10.1. The Morgan fingerprint density at radius 2 is 2.33 bits per heavy atom. The SMILES string of the molecule is COCCCC(NC(=O)Cn1ccc([N+](=O)[O-])n1)C(=O)O. The van der Waals surface area contributed by atoms with Crippen molar-refractivity contribution in [2.45, 2.75) is 25.4 Å². The van der Waals surface area contributed by atoms with E-state index in [-0.39, 0.29) is 18.8 Å². The molecule has 1 atom stereocenters. The first kappa shape index (κ1) is 16.6. The van der Waals surface area contributed by atoms with E-state index in [1.165, 1.54) is 13.3 Å². The van der Waals surface area contributed by atoms with Crippen molar-refractivity contribution in [3.8, 4) is 0 Å². The number of ether oxygens (including phenoxy) is 1. The van der Waals surface area contributed by atoms with Gasteiger partial charge in [0.1, 0.15) is 12.6 Å². The van der Waals surface area contributed by atoms with E-state index in [1.54, 1.807) is 0 Å². The monoisotopic (exact) mass is 300 g/mol. The van der Waals surface area contributed by atoms with Crippen LogP contribution in [-0.4, -0.2) is 51.4 Å². The zero-order chi connectivity index (χ0) is 15.8. The Hall–Kier alpha value is -2.49. The predicted molar refractivity (Wildman–Crippen MR) is 69.6 cm³/mol. The van der Waals surface area contributed by atoms with Crippen LogP contribution in [0.25, 0.3) is 0 Å². The van der Waals surface area contributed by atoms with Crippen LogP contribution < -0.4 is 5.32 Å². The van der Waals surface area contributed by atoms with Crippen molar-refractivity contribution in [1.29, 1.82) is 0 Å². The number of rotatable bonds is 9. The first-order chi connectivity index (χ1) is 9.93. The molecular weight excluding hydrogens is 284 g/mol. The van der Waals surface area contributed by atoms with E-state index in [9.17, 15) is 19.7 Å². The van der Waals surface area contributed by atoms with Crippen LogP contribution in [0.1, 0.15) is 12.8 Å². The lowest BCUT2D eigenvalue weighted by Gasteiger charge is -2.13. The second-order valence-electron chi connectivity index (χ2n) is 4.22. The standard InChI is InChI=1S/C11H16N4O6/c1-21-6-2-3-8(11(17)18)12-10(16)7-14-5-4-9(13-14)15(19)20/h4-5,8H,2-3,6-7H2,1H3,(H,12,16)(H,17,18). The van der Waals surface area contributed by atoms with Gasteiger partial charge in [-0.1, -0.05) is 0 Å². The third-order valence-corrected chi connectivity index (χ3v) is 2.59. The van der Waals surface area contributed by atoms with Crippen LogP contribution in [0.3, 0.4) is 0 Å². The molecule has 0 fully saturated rings. The molecule has 0 aromatic carbocycles. The molecule has 1 amide bonds. The number of carbonyl (C=O) groups is 2. The van der Waals surface area contributed by atoms with Crippen LogP contribution in [0.5, 0.6) is 0 Å². The molecular formula is C11H16N4O6. The van der Waals surface area contributed by atoms with Crippen molar-refractivity contribution in [3.63, 3.8) is 0 Å². The fraction of sp³-hybridized carbons (Fsp3) is 0.545. The molecule has 0 saturated carbocycles. The van der Waals surface area contributed by atoms with Gasteiger partial charge < -0.3 is 25.3 Å². The molecule has 1 heterocycles. The number of amides is 1. The smallest absolute Gasteiger partial charge is 0.389 e. The molecule has 0 radical (unpaired) electrons. The normalized spacial score (nSPS) is 11.9. The van der Waals surface area contributed by atoms with Gasteiger partial charge >= 0.3 is 11.8 Å². The maximum atomic E-state index is 11.7. The summed E-state index contributed by atoms with van der Waals surface area (Å²) in [4.78, 5) is 32.5. The van der Waals surface area contributed by atoms with E-state index in [2.05, 4.69) is 10.4 Å². The fourth-order valence-corrected chi connectivity index (χ4v) is 1.61. The molecule has 2 N–H and O–H groups in total. The van der Waals surface area contributed by atoms with Crippen LogP contribution >= 0.6 is 0 Å². The van der Waals surface area contributed by atoms with Gasteiger partial charge in [0.15, 0.2) is 0 Å². The lowest BCUT2D eigenvalue weighted by molar-refractivity contribution is -0.389. The zero-order valence-corrected chi connectivity index (χ0v) is 11.4. The molecule has 1 aromatic rings. The molecule has 0 aliphatic rings. The highest BCUT2D eigenvalue weighted by atomic mass is 16.6. The van der Waals surface area contributed by atoms with Crippen LogP contribution in [-0.2, 0) is 20.9 Å². The Labute approximate surface area is 119 Å². The van der Waals surface area contributed by atoms with Gasteiger partial charge in [-0.15, -0.1) is 0 Å². The van der Waals surface area contributed by atoms with E-state index in [0.717, 1.165) is 10.7 Å². The van der Waals surface area contributed by atoms with Gasteiger partial charge in [0.05, 0.1) is 17.4 Å². The summed E-state index contributed by atoms with van der Waals surface area (Å²) >= 11 is 0. The Morgan fingerprint density at radius 3 is 2.86 bits per heavy atom. The summed E-state index contributed by atoms with van der Waals surface area (Å²) in [5, 5.41) is 25.4. The first-order valence-corrected chi connectivity index (χ1v) is 6.13. The van der Waals surface area contributed by atoms with Crippen LogP contribution in [0.2, 0.25) is 0 Å². The number of aromatic nitrogens is 2. The molecule has 0 saturated heterocycles. The second-order valence-corrected chi connectivity index (χ2v) is 4.22. The molecule has 0 aliphatic heterocycles. The molecule has 21 heavy (non-hydrogen) atoms. The van der Waals surface area contributed by atoms with Crippen molar-refractivity contribution in [2.75, 3.05) is 13.7 Å². The largest absolute Gasteiger partial charge is 0.480 e. The fourth-order valence-electron chi connectivity index (χ4n) is 1.61.